The first-order valence-corrected chi connectivity index (χ1v) is 42.8. The zero-order valence-corrected chi connectivity index (χ0v) is 64.7. The van der Waals surface area contributed by atoms with E-state index in [1.807, 2.05) is 0 Å². The molecule has 0 aliphatic rings. The Morgan fingerprint density at radius 3 is 0.928 bits per heavy atom. The number of phosphoric ester groups is 2. The Bertz CT molecular complexity index is 1970. The smallest absolute Gasteiger partial charge is 0.462 e. The number of phosphoric acid groups is 2. The summed E-state index contributed by atoms with van der Waals surface area (Å²) in [5.74, 6) is -0.617. The van der Waals surface area contributed by atoms with Gasteiger partial charge in [0.05, 0.1) is 26.4 Å². The molecule has 0 bridgehead atoms. The van der Waals surface area contributed by atoms with Crippen LogP contribution in [0.15, 0.2) is 24.3 Å². The van der Waals surface area contributed by atoms with E-state index in [1.54, 1.807) is 0 Å². The predicted octanol–water partition coefficient (Wildman–Crippen LogP) is 22.7. The van der Waals surface area contributed by atoms with Gasteiger partial charge in [-0.3, -0.25) is 37.3 Å². The molecule has 0 spiro atoms. The fraction of sp³-hybridized carbons (Fsp3) is 0.897. The minimum atomic E-state index is -4.97. The van der Waals surface area contributed by atoms with E-state index in [4.69, 9.17) is 37.0 Å². The van der Waals surface area contributed by atoms with Gasteiger partial charge in [-0.25, -0.2) is 9.13 Å². The lowest BCUT2D eigenvalue weighted by Gasteiger charge is -2.21. The van der Waals surface area contributed by atoms with E-state index in [0.29, 0.717) is 25.7 Å². The average molecular weight is 1420 g/mol. The van der Waals surface area contributed by atoms with Crippen molar-refractivity contribution >= 4 is 39.5 Å². The van der Waals surface area contributed by atoms with Gasteiger partial charge in [-0.2, -0.15) is 0 Å². The summed E-state index contributed by atoms with van der Waals surface area (Å²) in [6.45, 7) is 9.53. The van der Waals surface area contributed by atoms with Gasteiger partial charge >= 0.3 is 39.5 Å². The molecule has 97 heavy (non-hydrogen) atoms. The van der Waals surface area contributed by atoms with Gasteiger partial charge in [0, 0.05) is 25.7 Å². The quantitative estimate of drug-likeness (QED) is 0.0169. The Kier molecular flexibility index (Phi) is 67.5. The number of hydrogen-bond acceptors (Lipinski definition) is 15. The minimum Gasteiger partial charge on any atom is -0.462 e. The number of ether oxygens (including phenoxy) is 4. The highest BCUT2D eigenvalue weighted by Gasteiger charge is 2.30. The summed E-state index contributed by atoms with van der Waals surface area (Å²) in [7, 11) is -9.93. The number of aliphatic hydroxyl groups is 1. The van der Waals surface area contributed by atoms with Crippen LogP contribution in [0.4, 0.5) is 0 Å². The van der Waals surface area contributed by atoms with Gasteiger partial charge in [-0.15, -0.1) is 0 Å². The molecule has 0 aromatic rings. The molecule has 19 heteroatoms. The van der Waals surface area contributed by atoms with Crippen LogP contribution in [0, 0.1) is 11.8 Å². The Balaban J connectivity index is 5.30. The summed E-state index contributed by atoms with van der Waals surface area (Å²) < 4.78 is 68.6. The Hall–Kier alpha value is -2.46. The third-order valence-corrected chi connectivity index (χ3v) is 19.8. The van der Waals surface area contributed by atoms with E-state index in [-0.39, 0.29) is 25.7 Å². The molecular weight excluding hydrogens is 1270 g/mol. The van der Waals surface area contributed by atoms with Crippen molar-refractivity contribution in [2.24, 2.45) is 11.8 Å². The lowest BCUT2D eigenvalue weighted by atomic mass is 9.99. The monoisotopic (exact) mass is 1420 g/mol. The van der Waals surface area contributed by atoms with E-state index >= 15 is 0 Å². The number of aliphatic hydroxyl groups excluding tert-OH is 1. The highest BCUT2D eigenvalue weighted by Crippen LogP contribution is 2.45. The minimum absolute atomic E-state index is 0.101. The number of esters is 4. The van der Waals surface area contributed by atoms with Crippen molar-refractivity contribution in [3.05, 3.63) is 24.3 Å². The number of allylic oxidation sites excluding steroid dienone is 4. The molecule has 0 fully saturated rings. The fourth-order valence-corrected chi connectivity index (χ4v) is 13.0. The van der Waals surface area contributed by atoms with E-state index in [2.05, 4.69) is 65.8 Å². The summed E-state index contributed by atoms with van der Waals surface area (Å²) in [6, 6.07) is 0. The first-order valence-electron chi connectivity index (χ1n) is 39.8. The Morgan fingerprint density at radius 1 is 0.340 bits per heavy atom. The fourth-order valence-electron chi connectivity index (χ4n) is 11.4. The summed E-state index contributed by atoms with van der Waals surface area (Å²) in [6.07, 6.45) is 60.4. The van der Waals surface area contributed by atoms with Gasteiger partial charge in [0.25, 0.3) is 0 Å². The highest BCUT2D eigenvalue weighted by molar-refractivity contribution is 7.47. The van der Waals surface area contributed by atoms with Gasteiger partial charge in [-0.1, -0.05) is 329 Å². The molecule has 3 unspecified atom stereocenters. The van der Waals surface area contributed by atoms with Crippen molar-refractivity contribution in [2.45, 2.75) is 400 Å². The molecule has 0 saturated carbocycles. The first-order chi connectivity index (χ1) is 46.9. The second-order valence-corrected chi connectivity index (χ2v) is 31.0. The van der Waals surface area contributed by atoms with Crippen LogP contribution in [0.3, 0.4) is 0 Å². The van der Waals surface area contributed by atoms with Gasteiger partial charge < -0.3 is 33.8 Å². The maximum atomic E-state index is 13.1. The second kappa shape index (κ2) is 69.3. The molecule has 17 nitrogen and oxygen atoms in total. The lowest BCUT2D eigenvalue weighted by molar-refractivity contribution is -0.161. The molecule has 3 N–H and O–H groups in total. The van der Waals surface area contributed by atoms with E-state index in [1.165, 1.54) is 180 Å². The Morgan fingerprint density at radius 2 is 0.608 bits per heavy atom. The molecule has 0 saturated heterocycles. The number of carbonyl (C=O) groups excluding carboxylic acids is 4. The SMILES string of the molecule is CCCCCC/C=C\C=C/CCCCCCCC(=O)OC[C@H](COP(=O)(O)OC[C@@H](O)COP(=O)(O)OC[C@@H](COC(=O)CCCCCCCCCCC(C)C)OC(=O)CCCCCCCCCCCCC(C)CC)OC(=O)CCCCCCCCCCCCCCCCCCC. The van der Waals surface area contributed by atoms with Crippen LogP contribution in [-0.2, 0) is 65.4 Å². The molecule has 0 rings (SSSR count). The number of carbonyl (C=O) groups is 4. The lowest BCUT2D eigenvalue weighted by Crippen LogP contribution is -2.30. The van der Waals surface area contributed by atoms with Crippen LogP contribution >= 0.6 is 15.6 Å². The van der Waals surface area contributed by atoms with Crippen molar-refractivity contribution in [1.82, 2.24) is 0 Å². The third kappa shape index (κ3) is 70.4. The first kappa shape index (κ1) is 94.5. The van der Waals surface area contributed by atoms with Crippen molar-refractivity contribution in [3.63, 3.8) is 0 Å². The second-order valence-electron chi connectivity index (χ2n) is 28.1. The van der Waals surface area contributed by atoms with Crippen molar-refractivity contribution in [1.29, 1.82) is 0 Å². The number of hydrogen-bond donors (Lipinski definition) is 3. The van der Waals surface area contributed by atoms with Crippen LogP contribution in [0.2, 0.25) is 0 Å². The third-order valence-electron chi connectivity index (χ3n) is 17.9. The molecule has 0 heterocycles. The molecule has 0 aromatic carbocycles. The van der Waals surface area contributed by atoms with Gasteiger partial charge in [0.15, 0.2) is 12.2 Å². The van der Waals surface area contributed by atoms with Crippen molar-refractivity contribution < 1.29 is 80.2 Å². The van der Waals surface area contributed by atoms with E-state index < -0.39 is 97.5 Å². The molecule has 6 atom stereocenters. The van der Waals surface area contributed by atoms with E-state index in [0.717, 1.165) is 121 Å². The summed E-state index contributed by atoms with van der Waals surface area (Å²) in [5, 5.41) is 10.6. The average Bonchev–Trinajstić information content (AvgIpc) is 1.13. The molecule has 0 amide bonds. The number of unbranched alkanes of at least 4 members (excludes halogenated alkanes) is 41. The van der Waals surface area contributed by atoms with E-state index in [9.17, 15) is 43.2 Å². The molecule has 572 valence electrons. The van der Waals surface area contributed by atoms with Crippen LogP contribution in [-0.4, -0.2) is 96.7 Å². The number of rotatable bonds is 75. The normalized spacial score (nSPS) is 14.4. The molecule has 0 aliphatic carbocycles. The Labute approximate surface area is 592 Å². The summed E-state index contributed by atoms with van der Waals surface area (Å²) >= 11 is 0. The molecule has 0 aromatic heterocycles. The summed E-state index contributed by atoms with van der Waals surface area (Å²) in [5.41, 5.74) is 0. The molecule has 0 radical (unpaired) electrons. The van der Waals surface area contributed by atoms with Crippen LogP contribution < -0.4 is 0 Å². The maximum Gasteiger partial charge on any atom is 0.472 e. The standard InChI is InChI=1S/C78H148O17P2/c1-7-10-12-14-16-18-20-22-24-25-27-29-31-36-44-50-56-62-77(82)94-73(66-88-75(80)60-54-48-42-35-30-28-26-23-21-19-17-15-13-11-8-2)68-92-96(84,85)90-64-72(79)65-91-97(86,87)93-69-74(67-89-76(81)61-55-49-43-39-38-40-46-52-58-70(4)5)95-78(83)63-57-51-45-37-33-32-34-41-47-53-59-71(6)9-3/h19,21,23,26,70-74,79H,7-18,20,22,24-25,27-69H2,1-6H3,(H,84,85)(H,86,87)/b21-19-,26-23-/t71?,72-,73-,74-/m1/s1. The van der Waals surface area contributed by atoms with Crippen molar-refractivity contribution in [2.75, 3.05) is 39.6 Å². The van der Waals surface area contributed by atoms with Gasteiger partial charge in [-0.05, 0) is 63.2 Å². The highest BCUT2D eigenvalue weighted by atomic mass is 31.2. The molecular formula is C78H148O17P2. The zero-order chi connectivity index (χ0) is 71.4. The molecule has 0 aliphatic heterocycles. The largest absolute Gasteiger partial charge is 0.472 e. The van der Waals surface area contributed by atoms with Gasteiger partial charge in [0.2, 0.25) is 0 Å². The predicted molar refractivity (Wildman–Crippen MR) is 395 cm³/mol. The van der Waals surface area contributed by atoms with Crippen LogP contribution in [0.1, 0.15) is 382 Å². The van der Waals surface area contributed by atoms with Crippen LogP contribution in [0.5, 0.6) is 0 Å². The summed E-state index contributed by atoms with van der Waals surface area (Å²) in [4.78, 5) is 72.9. The van der Waals surface area contributed by atoms with Gasteiger partial charge in [0.1, 0.15) is 19.3 Å². The maximum absolute atomic E-state index is 13.1. The van der Waals surface area contributed by atoms with Crippen LogP contribution in [0.25, 0.3) is 0 Å². The zero-order valence-electron chi connectivity index (χ0n) is 62.9. The van der Waals surface area contributed by atoms with Crippen molar-refractivity contribution in [3.8, 4) is 0 Å². The topological polar surface area (TPSA) is 237 Å².